The van der Waals surface area contributed by atoms with E-state index in [1.54, 1.807) is 0 Å². The number of rotatable bonds is 0. The average Bonchev–Trinajstić information content (AvgIpc) is 2.29. The maximum atomic E-state index is 5.60. The van der Waals surface area contributed by atoms with E-state index in [4.69, 9.17) is 4.74 Å². The Morgan fingerprint density at radius 3 is 2.71 bits per heavy atom. The van der Waals surface area contributed by atoms with Gasteiger partial charge in [-0.1, -0.05) is 24.3 Å². The normalized spacial score (nSPS) is 12.6. The van der Waals surface area contributed by atoms with Gasteiger partial charge in [-0.15, -0.1) is 0 Å². The summed E-state index contributed by atoms with van der Waals surface area (Å²) in [4.78, 5) is 0. The van der Waals surface area contributed by atoms with Gasteiger partial charge in [-0.05, 0) is 35.4 Å². The molecule has 0 N–H and O–H groups in total. The second-order valence-corrected chi connectivity index (χ2v) is 3.29. The molecule has 1 nitrogen and oxygen atoms in total. The second kappa shape index (κ2) is 2.88. The summed E-state index contributed by atoms with van der Waals surface area (Å²) in [6.45, 7) is 0.636. The number of fused-ring (bicyclic) bond motifs is 3. The fourth-order valence-electron chi connectivity index (χ4n) is 1.76. The number of hydrogen-bond donors (Lipinski definition) is 0. The number of benzene rings is 2. The maximum absolute atomic E-state index is 5.60. The van der Waals surface area contributed by atoms with Crippen LogP contribution in [0.4, 0.5) is 0 Å². The monoisotopic (exact) mass is 180 g/mol. The van der Waals surface area contributed by atoms with E-state index in [9.17, 15) is 0 Å². The second-order valence-electron chi connectivity index (χ2n) is 3.29. The summed E-state index contributed by atoms with van der Waals surface area (Å²) in [6, 6.07) is 17.9. The van der Waals surface area contributed by atoms with Gasteiger partial charge in [-0.2, -0.15) is 0 Å². The van der Waals surface area contributed by atoms with Crippen molar-refractivity contribution in [3.8, 4) is 16.9 Å². The molecule has 0 amide bonds. The van der Waals surface area contributed by atoms with Gasteiger partial charge >= 0.3 is 0 Å². The van der Waals surface area contributed by atoms with Crippen LogP contribution in [-0.2, 0) is 6.61 Å². The third-order valence-corrected chi connectivity index (χ3v) is 2.45. The van der Waals surface area contributed by atoms with Gasteiger partial charge in [-0.25, -0.2) is 0 Å². The third kappa shape index (κ3) is 1.02. The van der Waals surface area contributed by atoms with Crippen LogP contribution in [0.5, 0.6) is 5.75 Å². The zero-order valence-corrected chi connectivity index (χ0v) is 7.58. The smallest absolute Gasteiger partial charge is 0.128 e. The Labute approximate surface area is 83.0 Å². The summed E-state index contributed by atoms with van der Waals surface area (Å²) in [6.07, 6.45) is 0. The highest BCUT2D eigenvalue weighted by molar-refractivity contribution is 5.74. The first-order valence-corrected chi connectivity index (χ1v) is 4.57. The van der Waals surface area contributed by atoms with Gasteiger partial charge in [0.15, 0.2) is 0 Å². The highest BCUT2D eigenvalue weighted by Crippen LogP contribution is 2.36. The van der Waals surface area contributed by atoms with E-state index in [1.165, 1.54) is 11.1 Å². The van der Waals surface area contributed by atoms with Crippen LogP contribution in [0.1, 0.15) is 5.56 Å². The maximum Gasteiger partial charge on any atom is 0.128 e. The molecule has 0 spiro atoms. The van der Waals surface area contributed by atoms with Crippen LogP contribution in [0, 0.1) is 12.1 Å². The summed E-state index contributed by atoms with van der Waals surface area (Å²) in [7, 11) is 0. The number of ether oxygens (including phenoxy) is 1. The van der Waals surface area contributed by atoms with Crippen molar-refractivity contribution in [2.75, 3.05) is 0 Å². The Morgan fingerprint density at radius 2 is 1.79 bits per heavy atom. The summed E-state index contributed by atoms with van der Waals surface area (Å²) < 4.78 is 5.60. The molecular formula is C13H8O. The standard InChI is InChI=1S/C13H8O/c1-2-6-11-10(5-1)9-14-13-8-4-3-7-12(11)13/h2-3,5-8H,9H2. The van der Waals surface area contributed by atoms with E-state index in [2.05, 4.69) is 18.2 Å². The van der Waals surface area contributed by atoms with E-state index in [1.807, 2.05) is 30.3 Å². The molecule has 0 bridgehead atoms. The minimum absolute atomic E-state index is 0.636. The molecule has 0 atom stereocenters. The largest absolute Gasteiger partial charge is 0.488 e. The van der Waals surface area contributed by atoms with Crippen LogP contribution in [0.3, 0.4) is 0 Å². The predicted molar refractivity (Wildman–Crippen MR) is 53.9 cm³/mol. The van der Waals surface area contributed by atoms with Gasteiger partial charge in [0.2, 0.25) is 0 Å². The third-order valence-electron chi connectivity index (χ3n) is 2.45. The molecule has 3 rings (SSSR count). The Kier molecular flexibility index (Phi) is 1.57. The first-order valence-electron chi connectivity index (χ1n) is 4.57. The van der Waals surface area contributed by atoms with Gasteiger partial charge in [0.05, 0.1) is 0 Å². The summed E-state index contributed by atoms with van der Waals surface area (Å²) in [5, 5.41) is 0. The lowest BCUT2D eigenvalue weighted by atomic mass is 9.97. The minimum Gasteiger partial charge on any atom is -0.488 e. The van der Waals surface area contributed by atoms with E-state index in [-0.39, 0.29) is 0 Å². The van der Waals surface area contributed by atoms with E-state index in [0.29, 0.717) is 6.61 Å². The van der Waals surface area contributed by atoms with Gasteiger partial charge in [0, 0.05) is 5.56 Å². The molecule has 66 valence electrons. The minimum atomic E-state index is 0.636. The van der Waals surface area contributed by atoms with Crippen molar-refractivity contribution < 1.29 is 4.74 Å². The molecule has 0 aliphatic carbocycles. The molecule has 0 aromatic heterocycles. The molecule has 0 saturated carbocycles. The van der Waals surface area contributed by atoms with Crippen molar-refractivity contribution in [1.29, 1.82) is 0 Å². The molecule has 1 aliphatic rings. The van der Waals surface area contributed by atoms with Crippen LogP contribution in [0.2, 0.25) is 0 Å². The molecule has 1 aliphatic heterocycles. The molecule has 1 heteroatoms. The fraction of sp³-hybridized carbons (Fsp3) is 0.0769. The quantitative estimate of drug-likeness (QED) is 0.605. The highest BCUT2D eigenvalue weighted by Gasteiger charge is 2.15. The Hall–Kier alpha value is -1.76. The number of hydrogen-bond acceptors (Lipinski definition) is 1. The molecule has 0 unspecified atom stereocenters. The molecular weight excluding hydrogens is 172 g/mol. The van der Waals surface area contributed by atoms with Crippen molar-refractivity contribution in [3.05, 3.63) is 54.1 Å². The van der Waals surface area contributed by atoms with Crippen LogP contribution >= 0.6 is 0 Å². The lowest BCUT2D eigenvalue weighted by molar-refractivity contribution is 0.302. The van der Waals surface area contributed by atoms with Crippen molar-refractivity contribution in [3.63, 3.8) is 0 Å². The zero-order chi connectivity index (χ0) is 9.38. The Bertz CT molecular complexity index is 429. The molecule has 2 aromatic rings. The SMILES string of the molecule is [c]1ccc2c(c1)COc1c[c]ccc1-2. The summed E-state index contributed by atoms with van der Waals surface area (Å²) in [5.74, 6) is 0.922. The summed E-state index contributed by atoms with van der Waals surface area (Å²) in [5.41, 5.74) is 3.60. The van der Waals surface area contributed by atoms with Crippen molar-refractivity contribution in [2.24, 2.45) is 0 Å². The topological polar surface area (TPSA) is 9.23 Å². The van der Waals surface area contributed by atoms with Crippen LogP contribution in [0.15, 0.2) is 36.4 Å². The first kappa shape index (κ1) is 7.63. The average molecular weight is 180 g/mol. The molecule has 2 radical (unpaired) electrons. The van der Waals surface area contributed by atoms with E-state index in [0.717, 1.165) is 11.3 Å². The Morgan fingerprint density at radius 1 is 1.00 bits per heavy atom. The molecule has 1 heterocycles. The van der Waals surface area contributed by atoms with E-state index >= 15 is 0 Å². The van der Waals surface area contributed by atoms with Crippen LogP contribution in [0.25, 0.3) is 11.1 Å². The van der Waals surface area contributed by atoms with Crippen molar-refractivity contribution in [1.82, 2.24) is 0 Å². The predicted octanol–water partition coefficient (Wildman–Crippen LogP) is 2.85. The van der Waals surface area contributed by atoms with Gasteiger partial charge in [-0.3, -0.25) is 0 Å². The van der Waals surface area contributed by atoms with Gasteiger partial charge in [0.1, 0.15) is 12.4 Å². The summed E-state index contributed by atoms with van der Waals surface area (Å²) >= 11 is 0. The van der Waals surface area contributed by atoms with Gasteiger partial charge < -0.3 is 4.74 Å². The molecule has 0 fully saturated rings. The van der Waals surface area contributed by atoms with Crippen molar-refractivity contribution in [2.45, 2.75) is 6.61 Å². The van der Waals surface area contributed by atoms with Gasteiger partial charge in [0.25, 0.3) is 0 Å². The fourth-order valence-corrected chi connectivity index (χ4v) is 1.76. The van der Waals surface area contributed by atoms with Crippen LogP contribution in [-0.4, -0.2) is 0 Å². The molecule has 14 heavy (non-hydrogen) atoms. The van der Waals surface area contributed by atoms with E-state index < -0.39 is 0 Å². The zero-order valence-electron chi connectivity index (χ0n) is 7.58. The molecule has 2 aromatic carbocycles. The van der Waals surface area contributed by atoms with Crippen molar-refractivity contribution >= 4 is 0 Å². The Balaban J connectivity index is 2.29. The molecule has 0 saturated heterocycles. The lowest BCUT2D eigenvalue weighted by Crippen LogP contribution is -2.04. The first-order chi connectivity index (χ1) is 6.95. The lowest BCUT2D eigenvalue weighted by Gasteiger charge is -2.19. The highest BCUT2D eigenvalue weighted by atomic mass is 16.5. The van der Waals surface area contributed by atoms with Crippen LogP contribution < -0.4 is 4.74 Å².